The molecular formula is C29H28N2O. The molecule has 0 N–H and O–H groups in total. The van der Waals surface area contributed by atoms with Crippen molar-refractivity contribution in [1.82, 2.24) is 9.47 Å². The second-order valence-electron chi connectivity index (χ2n) is 9.20. The number of rotatable bonds is 3. The fraction of sp³-hybridized carbons (Fsp3) is 0.276. The summed E-state index contributed by atoms with van der Waals surface area (Å²) in [6.07, 6.45) is 5.89. The third kappa shape index (κ3) is 2.84. The molecule has 2 heterocycles. The maximum atomic E-state index is 13.8. The first-order chi connectivity index (χ1) is 15.8. The zero-order valence-corrected chi connectivity index (χ0v) is 18.5. The molecule has 1 aliphatic heterocycles. The molecule has 1 fully saturated rings. The van der Waals surface area contributed by atoms with E-state index in [-0.39, 0.29) is 11.9 Å². The van der Waals surface area contributed by atoms with Gasteiger partial charge in [-0.3, -0.25) is 4.79 Å². The molecule has 160 valence electrons. The van der Waals surface area contributed by atoms with Crippen LogP contribution < -0.4 is 0 Å². The molecule has 2 aliphatic rings. The lowest BCUT2D eigenvalue weighted by Gasteiger charge is -2.36. The van der Waals surface area contributed by atoms with E-state index in [1.165, 1.54) is 47.0 Å². The largest absolute Gasteiger partial charge is 0.343 e. The predicted molar refractivity (Wildman–Crippen MR) is 130 cm³/mol. The highest BCUT2D eigenvalue weighted by molar-refractivity contribution is 6.02. The van der Waals surface area contributed by atoms with E-state index in [4.69, 9.17) is 0 Å². The molecule has 1 unspecified atom stereocenters. The summed E-state index contributed by atoms with van der Waals surface area (Å²) in [6.45, 7) is 0. The summed E-state index contributed by atoms with van der Waals surface area (Å²) in [7, 11) is 2.15. The van der Waals surface area contributed by atoms with E-state index in [1.807, 2.05) is 12.1 Å². The molecule has 1 amide bonds. The minimum Gasteiger partial charge on any atom is -0.343 e. The van der Waals surface area contributed by atoms with Crippen molar-refractivity contribution in [3.8, 4) is 11.3 Å². The summed E-state index contributed by atoms with van der Waals surface area (Å²) in [5.74, 6) is 0.199. The van der Waals surface area contributed by atoms with Gasteiger partial charge in [0.25, 0.3) is 5.91 Å². The first-order valence-electron chi connectivity index (χ1n) is 11.8. The van der Waals surface area contributed by atoms with Crippen LogP contribution in [-0.2, 0) is 7.05 Å². The SMILES string of the molecule is Cn1c(-c2ccccc2)c(C2c3ccccc3C(=O)N2C2CCCCC2)c2ccccc21. The highest BCUT2D eigenvalue weighted by atomic mass is 16.2. The standard InChI is InChI=1S/C29H28N2O/c1-30-25-19-11-10-18-24(25)26(27(30)20-12-4-2-5-13-20)28-22-16-8-9-17-23(22)29(32)31(28)21-14-6-3-7-15-21/h2,4-5,8-13,16-19,21,28H,3,6-7,14-15H2,1H3. The molecule has 1 atom stereocenters. The first kappa shape index (κ1) is 19.4. The van der Waals surface area contributed by atoms with E-state index in [1.54, 1.807) is 0 Å². The van der Waals surface area contributed by atoms with E-state index >= 15 is 0 Å². The lowest BCUT2D eigenvalue weighted by atomic mass is 9.89. The predicted octanol–water partition coefficient (Wildman–Crippen LogP) is 6.72. The highest BCUT2D eigenvalue weighted by Gasteiger charge is 2.43. The van der Waals surface area contributed by atoms with Crippen molar-refractivity contribution in [3.05, 3.63) is 95.6 Å². The van der Waals surface area contributed by atoms with Gasteiger partial charge < -0.3 is 9.47 Å². The number of para-hydroxylation sites is 1. The summed E-state index contributed by atoms with van der Waals surface area (Å²) in [5.41, 5.74) is 6.90. The third-order valence-electron chi connectivity index (χ3n) is 7.43. The number of benzene rings is 3. The molecule has 6 rings (SSSR count). The van der Waals surface area contributed by atoms with Gasteiger partial charge in [0.15, 0.2) is 0 Å². The summed E-state index contributed by atoms with van der Waals surface area (Å²) >= 11 is 0. The number of carbonyl (C=O) groups is 1. The van der Waals surface area contributed by atoms with Gasteiger partial charge in [0.2, 0.25) is 0 Å². The lowest BCUT2D eigenvalue weighted by molar-refractivity contribution is 0.0613. The molecule has 32 heavy (non-hydrogen) atoms. The van der Waals surface area contributed by atoms with Gasteiger partial charge in [0.05, 0.1) is 11.7 Å². The van der Waals surface area contributed by atoms with Crippen LogP contribution in [0.15, 0.2) is 78.9 Å². The third-order valence-corrected chi connectivity index (χ3v) is 7.43. The van der Waals surface area contributed by atoms with Gasteiger partial charge in [0.1, 0.15) is 0 Å². The number of fused-ring (bicyclic) bond motifs is 2. The van der Waals surface area contributed by atoms with Crippen molar-refractivity contribution >= 4 is 16.8 Å². The van der Waals surface area contributed by atoms with Crippen LogP contribution in [-0.4, -0.2) is 21.4 Å². The zero-order chi connectivity index (χ0) is 21.7. The Kier molecular flexibility index (Phi) is 4.64. The summed E-state index contributed by atoms with van der Waals surface area (Å²) < 4.78 is 2.31. The molecule has 3 aromatic carbocycles. The molecule has 1 aliphatic carbocycles. The Labute approximate surface area is 189 Å². The molecule has 4 aromatic rings. The van der Waals surface area contributed by atoms with Crippen LogP contribution in [0.25, 0.3) is 22.2 Å². The van der Waals surface area contributed by atoms with Gasteiger partial charge in [-0.1, -0.05) is 86.0 Å². The molecule has 3 heteroatoms. The van der Waals surface area contributed by atoms with E-state index in [0.717, 1.165) is 24.0 Å². The molecule has 1 aromatic heterocycles. The Morgan fingerprint density at radius 1 is 0.781 bits per heavy atom. The second kappa shape index (κ2) is 7.67. The number of carbonyl (C=O) groups excluding carboxylic acids is 1. The van der Waals surface area contributed by atoms with E-state index in [2.05, 4.69) is 83.2 Å². The molecular weight excluding hydrogens is 392 g/mol. The molecule has 3 nitrogen and oxygen atoms in total. The smallest absolute Gasteiger partial charge is 0.255 e. The van der Waals surface area contributed by atoms with Gasteiger partial charge in [-0.15, -0.1) is 0 Å². The molecule has 1 saturated carbocycles. The lowest BCUT2D eigenvalue weighted by Crippen LogP contribution is -2.40. The topological polar surface area (TPSA) is 25.2 Å². The molecule has 0 saturated heterocycles. The monoisotopic (exact) mass is 420 g/mol. The fourth-order valence-corrected chi connectivity index (χ4v) is 6.01. The fourth-order valence-electron chi connectivity index (χ4n) is 6.01. The quantitative estimate of drug-likeness (QED) is 0.361. The minimum atomic E-state index is -0.0527. The van der Waals surface area contributed by atoms with Crippen molar-refractivity contribution in [3.63, 3.8) is 0 Å². The summed E-state index contributed by atoms with van der Waals surface area (Å²) in [4.78, 5) is 16.0. The van der Waals surface area contributed by atoms with E-state index in [0.29, 0.717) is 6.04 Å². The number of amides is 1. The number of hydrogen-bond donors (Lipinski definition) is 0. The van der Waals surface area contributed by atoms with Crippen LogP contribution in [0.4, 0.5) is 0 Å². The number of nitrogens with zero attached hydrogens (tertiary/aromatic N) is 2. The van der Waals surface area contributed by atoms with Crippen molar-refractivity contribution in [1.29, 1.82) is 0 Å². The normalized spacial score (nSPS) is 19.0. The van der Waals surface area contributed by atoms with Crippen LogP contribution in [0.3, 0.4) is 0 Å². The maximum absolute atomic E-state index is 13.8. The Hall–Kier alpha value is -3.33. The second-order valence-corrected chi connectivity index (χ2v) is 9.20. The highest BCUT2D eigenvalue weighted by Crippen LogP contribution is 2.48. The first-order valence-corrected chi connectivity index (χ1v) is 11.8. The number of hydrogen-bond acceptors (Lipinski definition) is 1. The average Bonchev–Trinajstić information content (AvgIpc) is 3.31. The van der Waals surface area contributed by atoms with Crippen molar-refractivity contribution in [2.75, 3.05) is 0 Å². The summed E-state index contributed by atoms with van der Waals surface area (Å²) in [5, 5.41) is 1.24. The molecule has 0 radical (unpaired) electrons. The Bertz CT molecular complexity index is 1300. The van der Waals surface area contributed by atoms with Gasteiger partial charge in [-0.2, -0.15) is 0 Å². The van der Waals surface area contributed by atoms with Gasteiger partial charge in [-0.05, 0) is 36.1 Å². The Morgan fingerprint density at radius 3 is 2.28 bits per heavy atom. The van der Waals surface area contributed by atoms with E-state index < -0.39 is 0 Å². The molecule has 0 bridgehead atoms. The zero-order valence-electron chi connectivity index (χ0n) is 18.5. The maximum Gasteiger partial charge on any atom is 0.255 e. The van der Waals surface area contributed by atoms with Gasteiger partial charge >= 0.3 is 0 Å². The minimum absolute atomic E-state index is 0.0527. The van der Waals surface area contributed by atoms with Gasteiger partial charge in [0, 0.05) is 35.1 Å². The van der Waals surface area contributed by atoms with E-state index in [9.17, 15) is 4.79 Å². The summed E-state index contributed by atoms with van der Waals surface area (Å²) in [6, 6.07) is 27.8. The van der Waals surface area contributed by atoms with Crippen LogP contribution in [0.5, 0.6) is 0 Å². The van der Waals surface area contributed by atoms with Crippen LogP contribution in [0, 0.1) is 0 Å². The van der Waals surface area contributed by atoms with Crippen LogP contribution in [0.1, 0.15) is 59.6 Å². The Morgan fingerprint density at radius 2 is 1.47 bits per heavy atom. The number of aryl methyl sites for hydroxylation is 1. The van der Waals surface area contributed by atoms with Crippen molar-refractivity contribution < 1.29 is 4.79 Å². The Balaban J connectivity index is 1.65. The van der Waals surface area contributed by atoms with Crippen molar-refractivity contribution in [2.45, 2.75) is 44.2 Å². The van der Waals surface area contributed by atoms with Gasteiger partial charge in [-0.25, -0.2) is 0 Å². The average molecular weight is 421 g/mol. The van der Waals surface area contributed by atoms with Crippen LogP contribution >= 0.6 is 0 Å². The number of aromatic nitrogens is 1. The van der Waals surface area contributed by atoms with Crippen LogP contribution in [0.2, 0.25) is 0 Å². The van der Waals surface area contributed by atoms with Crippen molar-refractivity contribution in [2.24, 2.45) is 7.05 Å². The molecule has 0 spiro atoms.